The number of aliphatic imine (C=N–C) groups is 1. The fourth-order valence-corrected chi connectivity index (χ4v) is 4.24. The van der Waals surface area contributed by atoms with E-state index in [1.807, 2.05) is 42.5 Å². The molecule has 3 aromatic carbocycles. The van der Waals surface area contributed by atoms with Crippen molar-refractivity contribution in [2.24, 2.45) is 4.99 Å². The maximum atomic E-state index is 10.7. The van der Waals surface area contributed by atoms with Gasteiger partial charge in [-0.3, -0.25) is 10.3 Å². The van der Waals surface area contributed by atoms with E-state index in [1.54, 1.807) is 25.3 Å². The van der Waals surface area contributed by atoms with Crippen LogP contribution in [0, 0.1) is 0 Å². The van der Waals surface area contributed by atoms with Crippen molar-refractivity contribution in [1.29, 1.82) is 0 Å². The second kappa shape index (κ2) is 9.18. The average molecular weight is 457 g/mol. The largest absolute Gasteiger partial charge is 0.504 e. The number of hydrogen-bond donors (Lipinski definition) is 2. The number of phenols is 1. The van der Waals surface area contributed by atoms with Crippen LogP contribution in [-0.2, 0) is 0 Å². The summed E-state index contributed by atoms with van der Waals surface area (Å²) in [7, 11) is 3.17. The van der Waals surface area contributed by atoms with Crippen LogP contribution in [0.2, 0.25) is 10.0 Å². The summed E-state index contributed by atoms with van der Waals surface area (Å²) in [4.78, 5) is 4.94. The molecule has 0 aliphatic carbocycles. The maximum absolute atomic E-state index is 10.7. The number of halogens is 2. The molecule has 4 rings (SSSR count). The zero-order valence-corrected chi connectivity index (χ0v) is 18.6. The van der Waals surface area contributed by atoms with Crippen molar-refractivity contribution in [2.45, 2.75) is 18.6 Å². The molecule has 0 saturated carbocycles. The highest BCUT2D eigenvalue weighted by Crippen LogP contribution is 2.40. The van der Waals surface area contributed by atoms with Gasteiger partial charge in [0, 0.05) is 39.3 Å². The number of phenolic OH excluding ortho intramolecular Hbond substituents is 1. The monoisotopic (exact) mass is 456 g/mol. The highest BCUT2D eigenvalue weighted by Gasteiger charge is 2.29. The van der Waals surface area contributed by atoms with Crippen LogP contribution in [-0.4, -0.2) is 25.0 Å². The van der Waals surface area contributed by atoms with Gasteiger partial charge in [-0.05, 0) is 48.0 Å². The van der Waals surface area contributed by atoms with Gasteiger partial charge in [-0.15, -0.1) is 0 Å². The van der Waals surface area contributed by atoms with Crippen LogP contribution in [0.25, 0.3) is 0 Å². The van der Waals surface area contributed by atoms with Crippen LogP contribution in [0.5, 0.6) is 17.2 Å². The number of para-hydroxylation sites is 1. The van der Waals surface area contributed by atoms with Gasteiger partial charge >= 0.3 is 0 Å². The summed E-state index contributed by atoms with van der Waals surface area (Å²) in [5, 5.41) is 15.3. The zero-order valence-electron chi connectivity index (χ0n) is 17.1. The standard InChI is InChI=1S/C24H22Cl2N2O3/c1-30-16-9-6-14(7-10-16)20-13-21(18-4-3-5-22(31-2)23(18)29)28-24(27-20)17-11-8-15(25)12-19(17)26/h3-12,21,24,28-29H,13H2,1-2H3/t21-,24-/m0/s1. The van der Waals surface area contributed by atoms with Crippen molar-refractivity contribution in [3.8, 4) is 17.2 Å². The predicted octanol–water partition coefficient (Wildman–Crippen LogP) is 5.94. The highest BCUT2D eigenvalue weighted by molar-refractivity contribution is 6.35. The third kappa shape index (κ3) is 4.49. The Morgan fingerprint density at radius 1 is 0.968 bits per heavy atom. The number of methoxy groups -OCH3 is 2. The molecule has 1 heterocycles. The summed E-state index contributed by atoms with van der Waals surface area (Å²) in [5.41, 5.74) is 3.41. The minimum absolute atomic E-state index is 0.111. The van der Waals surface area contributed by atoms with Gasteiger partial charge in [-0.25, -0.2) is 0 Å². The Morgan fingerprint density at radius 3 is 2.42 bits per heavy atom. The number of nitrogens with one attached hydrogen (secondary N) is 1. The summed E-state index contributed by atoms with van der Waals surface area (Å²) < 4.78 is 10.6. The first-order valence-corrected chi connectivity index (χ1v) is 10.5. The molecule has 0 saturated heterocycles. The lowest BCUT2D eigenvalue weighted by Crippen LogP contribution is -2.33. The molecule has 3 aromatic rings. The predicted molar refractivity (Wildman–Crippen MR) is 124 cm³/mol. The van der Waals surface area contributed by atoms with E-state index < -0.39 is 6.17 Å². The molecule has 0 aromatic heterocycles. The second-order valence-electron chi connectivity index (χ2n) is 7.19. The number of hydrogen-bond acceptors (Lipinski definition) is 5. The highest BCUT2D eigenvalue weighted by atomic mass is 35.5. The smallest absolute Gasteiger partial charge is 0.162 e. The number of benzene rings is 3. The van der Waals surface area contributed by atoms with E-state index in [9.17, 15) is 5.11 Å². The summed E-state index contributed by atoms with van der Waals surface area (Å²) in [6, 6.07) is 18.4. The Hall–Kier alpha value is -2.73. The van der Waals surface area contributed by atoms with E-state index in [2.05, 4.69) is 5.32 Å². The Morgan fingerprint density at radius 2 is 1.74 bits per heavy atom. The minimum Gasteiger partial charge on any atom is -0.504 e. The van der Waals surface area contributed by atoms with Crippen LogP contribution in [0.15, 0.2) is 65.7 Å². The molecule has 31 heavy (non-hydrogen) atoms. The summed E-state index contributed by atoms with van der Waals surface area (Å²) in [6.45, 7) is 0. The van der Waals surface area contributed by atoms with Gasteiger partial charge in [0.15, 0.2) is 11.5 Å². The molecular weight excluding hydrogens is 435 g/mol. The van der Waals surface area contributed by atoms with Crippen molar-refractivity contribution < 1.29 is 14.6 Å². The van der Waals surface area contributed by atoms with E-state index in [0.717, 1.165) is 28.2 Å². The molecule has 1 aliphatic rings. The van der Waals surface area contributed by atoms with Gasteiger partial charge in [0.05, 0.1) is 14.2 Å². The lowest BCUT2D eigenvalue weighted by molar-refractivity contribution is 0.360. The maximum Gasteiger partial charge on any atom is 0.162 e. The first-order chi connectivity index (χ1) is 15.0. The zero-order chi connectivity index (χ0) is 22.0. The number of nitrogens with zero attached hydrogens (tertiary/aromatic N) is 1. The van der Waals surface area contributed by atoms with Crippen LogP contribution >= 0.6 is 23.2 Å². The normalized spacial score (nSPS) is 18.4. The minimum atomic E-state index is -0.411. The van der Waals surface area contributed by atoms with Crippen LogP contribution in [0.1, 0.15) is 35.3 Å². The summed E-state index contributed by atoms with van der Waals surface area (Å²) in [5.74, 6) is 1.31. The molecule has 1 aliphatic heterocycles. The lowest BCUT2D eigenvalue weighted by Gasteiger charge is -2.31. The third-order valence-electron chi connectivity index (χ3n) is 5.35. The molecule has 0 amide bonds. The van der Waals surface area contributed by atoms with Gasteiger partial charge < -0.3 is 14.6 Å². The summed E-state index contributed by atoms with van der Waals surface area (Å²) >= 11 is 12.6. The molecule has 0 spiro atoms. The molecule has 7 heteroatoms. The average Bonchev–Trinajstić information content (AvgIpc) is 2.79. The summed E-state index contributed by atoms with van der Waals surface area (Å²) in [6.07, 6.45) is 0.167. The van der Waals surface area contributed by atoms with Crippen molar-refractivity contribution in [3.63, 3.8) is 0 Å². The number of ether oxygens (including phenoxy) is 2. The van der Waals surface area contributed by atoms with Crippen molar-refractivity contribution in [3.05, 3.63) is 87.4 Å². The quantitative estimate of drug-likeness (QED) is 0.498. The van der Waals surface area contributed by atoms with Gasteiger partial charge in [0.1, 0.15) is 11.9 Å². The molecule has 0 bridgehead atoms. The first kappa shape index (κ1) is 21.5. The van der Waals surface area contributed by atoms with Crippen molar-refractivity contribution in [1.82, 2.24) is 5.32 Å². The first-order valence-electron chi connectivity index (χ1n) is 9.78. The van der Waals surface area contributed by atoms with E-state index in [4.69, 9.17) is 37.7 Å². The fraction of sp³-hybridized carbons (Fsp3) is 0.208. The Bertz CT molecular complexity index is 1120. The second-order valence-corrected chi connectivity index (χ2v) is 8.04. The van der Waals surface area contributed by atoms with Crippen LogP contribution in [0.4, 0.5) is 0 Å². The van der Waals surface area contributed by atoms with E-state index >= 15 is 0 Å². The topological polar surface area (TPSA) is 63.1 Å². The molecule has 5 nitrogen and oxygen atoms in total. The Labute approximate surface area is 191 Å². The Balaban J connectivity index is 1.78. The van der Waals surface area contributed by atoms with E-state index in [-0.39, 0.29) is 11.8 Å². The lowest BCUT2D eigenvalue weighted by atomic mass is 9.93. The van der Waals surface area contributed by atoms with E-state index in [0.29, 0.717) is 22.2 Å². The molecule has 2 atom stereocenters. The van der Waals surface area contributed by atoms with Crippen molar-refractivity contribution >= 4 is 28.9 Å². The van der Waals surface area contributed by atoms with Gasteiger partial charge in [-0.2, -0.15) is 0 Å². The number of rotatable bonds is 5. The van der Waals surface area contributed by atoms with Gasteiger partial charge in [-0.1, -0.05) is 41.4 Å². The fourth-order valence-electron chi connectivity index (χ4n) is 3.73. The molecule has 2 N–H and O–H groups in total. The molecule has 160 valence electrons. The van der Waals surface area contributed by atoms with E-state index in [1.165, 1.54) is 7.11 Å². The molecule has 0 radical (unpaired) electrons. The molecular formula is C24H22Cl2N2O3. The number of aromatic hydroxyl groups is 1. The Kier molecular flexibility index (Phi) is 6.37. The van der Waals surface area contributed by atoms with Crippen LogP contribution in [0.3, 0.4) is 0 Å². The van der Waals surface area contributed by atoms with Crippen LogP contribution < -0.4 is 14.8 Å². The van der Waals surface area contributed by atoms with Crippen molar-refractivity contribution in [2.75, 3.05) is 14.2 Å². The SMILES string of the molecule is COc1ccc(C2=N[C@H](c3ccc(Cl)cc3Cl)N[C@H](c3cccc(OC)c3O)C2)cc1. The van der Waals surface area contributed by atoms with Gasteiger partial charge in [0.25, 0.3) is 0 Å². The third-order valence-corrected chi connectivity index (χ3v) is 5.91. The molecule has 0 fully saturated rings. The van der Waals surface area contributed by atoms with Gasteiger partial charge in [0.2, 0.25) is 0 Å². The molecule has 0 unspecified atom stereocenters.